The lowest BCUT2D eigenvalue weighted by Crippen LogP contribution is -2.11. The van der Waals surface area contributed by atoms with Crippen LogP contribution in [0.3, 0.4) is 0 Å². The van der Waals surface area contributed by atoms with E-state index in [-0.39, 0.29) is 6.54 Å². The van der Waals surface area contributed by atoms with Gasteiger partial charge in [-0.15, -0.1) is 0 Å². The topological polar surface area (TPSA) is 46.2 Å². The first-order valence-corrected chi connectivity index (χ1v) is 5.07. The summed E-state index contributed by atoms with van der Waals surface area (Å²) in [6, 6.07) is 5.60. The summed E-state index contributed by atoms with van der Waals surface area (Å²) in [6.45, 7) is 0.236. The first-order chi connectivity index (χ1) is 5.65. The number of benzene rings is 1. The number of hydrogen-bond acceptors (Lipinski definition) is 2. The number of nitrogens with two attached hydrogens (primary N) is 1. The standard InChI is InChI=1S/C8H9Br2NO/c9-5-1-2-6(7(10)3-5)8(12)4-11/h1-3,8,12H,4,11H2. The van der Waals surface area contributed by atoms with Crippen LogP contribution in [0.5, 0.6) is 0 Å². The summed E-state index contributed by atoms with van der Waals surface area (Å²) in [5.74, 6) is 0. The van der Waals surface area contributed by atoms with Crippen LogP contribution in [0.15, 0.2) is 27.1 Å². The van der Waals surface area contributed by atoms with Crippen LogP contribution in [0.1, 0.15) is 11.7 Å². The monoisotopic (exact) mass is 293 g/mol. The molecule has 1 atom stereocenters. The summed E-state index contributed by atoms with van der Waals surface area (Å²) >= 11 is 6.67. The average Bonchev–Trinajstić information content (AvgIpc) is 2.03. The Hall–Kier alpha value is 0.1000. The zero-order chi connectivity index (χ0) is 9.14. The van der Waals surface area contributed by atoms with Gasteiger partial charge in [0.25, 0.3) is 0 Å². The van der Waals surface area contributed by atoms with Crippen LogP contribution in [0, 0.1) is 0 Å². The predicted molar refractivity (Wildman–Crippen MR) is 55.9 cm³/mol. The lowest BCUT2D eigenvalue weighted by atomic mass is 10.1. The molecule has 0 aliphatic carbocycles. The Bertz CT molecular complexity index is 278. The molecule has 2 nitrogen and oxygen atoms in total. The van der Waals surface area contributed by atoms with Crippen molar-refractivity contribution in [1.29, 1.82) is 0 Å². The largest absolute Gasteiger partial charge is 0.387 e. The number of aliphatic hydroxyl groups excluding tert-OH is 1. The van der Waals surface area contributed by atoms with Crippen molar-refractivity contribution in [3.05, 3.63) is 32.7 Å². The van der Waals surface area contributed by atoms with Crippen molar-refractivity contribution in [2.45, 2.75) is 6.10 Å². The highest BCUT2D eigenvalue weighted by Crippen LogP contribution is 2.26. The molecule has 1 unspecified atom stereocenters. The summed E-state index contributed by atoms with van der Waals surface area (Å²) in [5.41, 5.74) is 6.15. The molecule has 4 heteroatoms. The first kappa shape index (κ1) is 10.2. The molecule has 0 aliphatic rings. The maximum atomic E-state index is 9.43. The number of rotatable bonds is 2. The van der Waals surface area contributed by atoms with E-state index in [2.05, 4.69) is 31.9 Å². The molecule has 0 spiro atoms. The van der Waals surface area contributed by atoms with Gasteiger partial charge in [0.15, 0.2) is 0 Å². The highest BCUT2D eigenvalue weighted by molar-refractivity contribution is 9.11. The first-order valence-electron chi connectivity index (χ1n) is 3.48. The van der Waals surface area contributed by atoms with Crippen LogP contribution >= 0.6 is 31.9 Å². The van der Waals surface area contributed by atoms with E-state index in [9.17, 15) is 5.11 Å². The van der Waals surface area contributed by atoms with Crippen molar-refractivity contribution < 1.29 is 5.11 Å². The van der Waals surface area contributed by atoms with Crippen molar-refractivity contribution in [3.8, 4) is 0 Å². The minimum atomic E-state index is -0.590. The molecule has 0 radical (unpaired) electrons. The summed E-state index contributed by atoms with van der Waals surface area (Å²) < 4.78 is 1.84. The lowest BCUT2D eigenvalue weighted by molar-refractivity contribution is 0.186. The Kier molecular flexibility index (Phi) is 3.71. The second-order valence-electron chi connectivity index (χ2n) is 2.42. The van der Waals surface area contributed by atoms with Crippen molar-refractivity contribution in [1.82, 2.24) is 0 Å². The SMILES string of the molecule is NCC(O)c1ccc(Br)cc1Br. The van der Waals surface area contributed by atoms with Crippen molar-refractivity contribution >= 4 is 31.9 Å². The molecular formula is C8H9Br2NO. The zero-order valence-electron chi connectivity index (χ0n) is 6.30. The Balaban J connectivity index is 3.01. The Morgan fingerprint density at radius 2 is 2.08 bits per heavy atom. The van der Waals surface area contributed by atoms with Crippen molar-refractivity contribution in [2.75, 3.05) is 6.54 Å². The highest BCUT2D eigenvalue weighted by Gasteiger charge is 2.08. The summed E-state index contributed by atoms with van der Waals surface area (Å²) in [6.07, 6.45) is -0.590. The fourth-order valence-electron chi connectivity index (χ4n) is 0.899. The molecule has 1 rings (SSSR count). The number of hydrogen-bond donors (Lipinski definition) is 2. The summed E-state index contributed by atoms with van der Waals surface area (Å²) in [7, 11) is 0. The van der Waals surface area contributed by atoms with E-state index in [1.54, 1.807) is 0 Å². The van der Waals surface area contributed by atoms with E-state index in [1.165, 1.54) is 0 Å². The van der Waals surface area contributed by atoms with E-state index < -0.39 is 6.10 Å². The second-order valence-corrected chi connectivity index (χ2v) is 4.19. The Labute approximate surface area is 88.0 Å². The van der Waals surface area contributed by atoms with Gasteiger partial charge in [-0.3, -0.25) is 0 Å². The minimum absolute atomic E-state index is 0.236. The zero-order valence-corrected chi connectivity index (χ0v) is 9.47. The van der Waals surface area contributed by atoms with Gasteiger partial charge in [-0.1, -0.05) is 37.9 Å². The third-order valence-electron chi connectivity index (χ3n) is 1.54. The molecule has 0 amide bonds. The van der Waals surface area contributed by atoms with Gasteiger partial charge in [0.1, 0.15) is 0 Å². The van der Waals surface area contributed by atoms with Crippen molar-refractivity contribution in [3.63, 3.8) is 0 Å². The molecule has 66 valence electrons. The third kappa shape index (κ3) is 2.29. The molecule has 0 fully saturated rings. The Morgan fingerprint density at radius 3 is 2.58 bits per heavy atom. The van der Waals surface area contributed by atoms with Crippen LogP contribution in [0.4, 0.5) is 0 Å². The average molecular weight is 295 g/mol. The van der Waals surface area contributed by atoms with E-state index in [0.717, 1.165) is 14.5 Å². The fraction of sp³-hybridized carbons (Fsp3) is 0.250. The van der Waals surface area contributed by atoms with E-state index in [4.69, 9.17) is 5.73 Å². The molecule has 3 N–H and O–H groups in total. The molecule has 0 saturated heterocycles. The third-order valence-corrected chi connectivity index (χ3v) is 2.72. The van der Waals surface area contributed by atoms with E-state index >= 15 is 0 Å². The highest BCUT2D eigenvalue weighted by atomic mass is 79.9. The van der Waals surface area contributed by atoms with Gasteiger partial charge in [-0.05, 0) is 17.7 Å². The maximum Gasteiger partial charge on any atom is 0.0923 e. The normalized spacial score (nSPS) is 13.0. The van der Waals surface area contributed by atoms with Crippen molar-refractivity contribution in [2.24, 2.45) is 5.73 Å². The molecular weight excluding hydrogens is 286 g/mol. The van der Waals surface area contributed by atoms with Gasteiger partial charge < -0.3 is 10.8 Å². The predicted octanol–water partition coefficient (Wildman–Crippen LogP) is 2.20. The maximum absolute atomic E-state index is 9.43. The smallest absolute Gasteiger partial charge is 0.0923 e. The van der Waals surface area contributed by atoms with Crippen LogP contribution < -0.4 is 5.73 Å². The molecule has 1 aromatic rings. The fourth-order valence-corrected chi connectivity index (χ4v) is 2.21. The van der Waals surface area contributed by atoms with Gasteiger partial charge >= 0.3 is 0 Å². The van der Waals surface area contributed by atoms with E-state index in [0.29, 0.717) is 0 Å². The molecule has 1 aromatic carbocycles. The van der Waals surface area contributed by atoms with Crippen LogP contribution in [-0.2, 0) is 0 Å². The van der Waals surface area contributed by atoms with Crippen LogP contribution in [-0.4, -0.2) is 11.7 Å². The number of halogens is 2. The van der Waals surface area contributed by atoms with Gasteiger partial charge in [0.05, 0.1) is 6.10 Å². The quantitative estimate of drug-likeness (QED) is 0.878. The minimum Gasteiger partial charge on any atom is -0.387 e. The molecule has 0 heterocycles. The van der Waals surface area contributed by atoms with Gasteiger partial charge in [-0.2, -0.15) is 0 Å². The van der Waals surface area contributed by atoms with Crippen LogP contribution in [0.2, 0.25) is 0 Å². The molecule has 12 heavy (non-hydrogen) atoms. The Morgan fingerprint density at radius 1 is 1.42 bits per heavy atom. The number of aliphatic hydroxyl groups is 1. The second kappa shape index (κ2) is 4.37. The molecule has 0 saturated carbocycles. The van der Waals surface area contributed by atoms with Crippen LogP contribution in [0.25, 0.3) is 0 Å². The van der Waals surface area contributed by atoms with Gasteiger partial charge in [0.2, 0.25) is 0 Å². The molecule has 0 bridgehead atoms. The van der Waals surface area contributed by atoms with E-state index in [1.807, 2.05) is 18.2 Å². The summed E-state index contributed by atoms with van der Waals surface area (Å²) in [4.78, 5) is 0. The lowest BCUT2D eigenvalue weighted by Gasteiger charge is -2.09. The molecule has 0 aromatic heterocycles. The molecule has 0 aliphatic heterocycles. The van der Waals surface area contributed by atoms with Gasteiger partial charge in [0, 0.05) is 15.5 Å². The summed E-state index contributed by atoms with van der Waals surface area (Å²) in [5, 5.41) is 9.43. The van der Waals surface area contributed by atoms with Gasteiger partial charge in [-0.25, -0.2) is 0 Å².